The van der Waals surface area contributed by atoms with Crippen molar-refractivity contribution in [1.82, 2.24) is 0 Å². The van der Waals surface area contributed by atoms with Crippen LogP contribution in [0.25, 0.3) is 0 Å². The molecule has 0 aromatic heterocycles. The van der Waals surface area contributed by atoms with E-state index in [9.17, 15) is 14.9 Å². The number of nitrogens with zero attached hydrogens (tertiary/aromatic N) is 2. The fourth-order valence-corrected chi connectivity index (χ4v) is 1.40. The minimum atomic E-state index is -0.580. The van der Waals surface area contributed by atoms with Gasteiger partial charge in [-0.3, -0.25) is 14.9 Å². The van der Waals surface area contributed by atoms with Gasteiger partial charge in [-0.15, -0.1) is 0 Å². The van der Waals surface area contributed by atoms with Crippen molar-refractivity contribution in [3.8, 4) is 6.07 Å². The van der Waals surface area contributed by atoms with E-state index in [0.717, 1.165) is 18.9 Å². The summed E-state index contributed by atoms with van der Waals surface area (Å²) in [5, 5.41) is 22.0. The molecule has 0 aliphatic heterocycles. The number of amides is 1. The molecule has 0 bridgehead atoms. The van der Waals surface area contributed by atoms with E-state index in [0.29, 0.717) is 12.1 Å². The van der Waals surface area contributed by atoms with Crippen molar-refractivity contribution in [1.29, 1.82) is 5.26 Å². The Morgan fingerprint density at radius 3 is 2.83 bits per heavy atom. The van der Waals surface area contributed by atoms with E-state index in [4.69, 9.17) is 5.26 Å². The molecule has 6 nitrogen and oxygen atoms in total. The largest absolute Gasteiger partial charge is 0.325 e. The zero-order chi connectivity index (χ0) is 13.5. The second-order valence-corrected chi connectivity index (χ2v) is 3.75. The summed E-state index contributed by atoms with van der Waals surface area (Å²) in [4.78, 5) is 21.5. The highest BCUT2D eigenvalue weighted by molar-refractivity contribution is 5.92. The van der Waals surface area contributed by atoms with Crippen molar-refractivity contribution in [3.63, 3.8) is 0 Å². The lowest BCUT2D eigenvalue weighted by Gasteiger charge is -2.06. The molecule has 0 aliphatic carbocycles. The van der Waals surface area contributed by atoms with Gasteiger partial charge in [0.2, 0.25) is 5.91 Å². The number of nitro groups is 1. The Hall–Kier alpha value is -2.42. The van der Waals surface area contributed by atoms with Crippen LogP contribution in [-0.4, -0.2) is 10.8 Å². The van der Waals surface area contributed by atoms with Crippen LogP contribution in [0.2, 0.25) is 0 Å². The lowest BCUT2D eigenvalue weighted by molar-refractivity contribution is -0.384. The Morgan fingerprint density at radius 1 is 1.56 bits per heavy atom. The van der Waals surface area contributed by atoms with Gasteiger partial charge >= 0.3 is 0 Å². The molecule has 1 amide bonds. The van der Waals surface area contributed by atoms with Gasteiger partial charge in [0.05, 0.1) is 16.2 Å². The summed E-state index contributed by atoms with van der Waals surface area (Å²) in [6.45, 7) is 1.97. The fraction of sp³-hybridized carbons (Fsp3) is 0.333. The van der Waals surface area contributed by atoms with E-state index in [1.165, 1.54) is 12.1 Å². The predicted octanol–water partition coefficient (Wildman–Crippen LogP) is 2.60. The second kappa shape index (κ2) is 6.35. The van der Waals surface area contributed by atoms with E-state index in [2.05, 4.69) is 5.32 Å². The van der Waals surface area contributed by atoms with Crippen molar-refractivity contribution in [3.05, 3.63) is 33.9 Å². The van der Waals surface area contributed by atoms with Crippen molar-refractivity contribution < 1.29 is 9.72 Å². The van der Waals surface area contributed by atoms with Crippen LogP contribution in [0, 0.1) is 21.4 Å². The summed E-state index contributed by atoms with van der Waals surface area (Å²) < 4.78 is 0. The number of carbonyl (C=O) groups is 1. The number of unbranched alkanes of at least 4 members (excludes halogenated alkanes) is 1. The monoisotopic (exact) mass is 247 g/mol. The number of nitrogens with one attached hydrogen (secondary N) is 1. The zero-order valence-electron chi connectivity index (χ0n) is 9.97. The minimum Gasteiger partial charge on any atom is -0.325 e. The highest BCUT2D eigenvalue weighted by Gasteiger charge is 2.12. The number of non-ortho nitro benzene ring substituents is 1. The Kier molecular flexibility index (Phi) is 4.81. The van der Waals surface area contributed by atoms with Gasteiger partial charge in [-0.05, 0) is 12.5 Å². The maximum absolute atomic E-state index is 11.5. The number of nitriles is 1. The van der Waals surface area contributed by atoms with Gasteiger partial charge in [0.25, 0.3) is 5.69 Å². The number of nitro benzene ring substituents is 1. The standard InChI is InChI=1S/C12H13N3O3/c1-2-3-4-12(16)14-11-6-5-10(15(17)18)7-9(11)8-13/h5-7H,2-4H2,1H3,(H,14,16). The molecule has 18 heavy (non-hydrogen) atoms. The van der Waals surface area contributed by atoms with Crippen LogP contribution in [-0.2, 0) is 4.79 Å². The molecule has 0 atom stereocenters. The molecule has 1 aromatic rings. The predicted molar refractivity (Wildman–Crippen MR) is 66.0 cm³/mol. The molecule has 0 fully saturated rings. The van der Waals surface area contributed by atoms with Crippen LogP contribution in [0.4, 0.5) is 11.4 Å². The average molecular weight is 247 g/mol. The van der Waals surface area contributed by atoms with Crippen LogP contribution in [0.3, 0.4) is 0 Å². The SMILES string of the molecule is CCCCC(=O)Nc1ccc([N+](=O)[O-])cc1C#N. The minimum absolute atomic E-state index is 0.0917. The van der Waals surface area contributed by atoms with Crippen LogP contribution < -0.4 is 5.32 Å². The molecule has 1 aromatic carbocycles. The number of anilines is 1. The third-order valence-corrected chi connectivity index (χ3v) is 2.37. The quantitative estimate of drug-likeness (QED) is 0.638. The highest BCUT2D eigenvalue weighted by Crippen LogP contribution is 2.21. The summed E-state index contributed by atoms with van der Waals surface area (Å²) in [6, 6.07) is 5.62. The summed E-state index contributed by atoms with van der Waals surface area (Å²) in [6.07, 6.45) is 2.04. The van der Waals surface area contributed by atoms with Gasteiger partial charge < -0.3 is 5.32 Å². The van der Waals surface area contributed by atoms with Gasteiger partial charge in [0, 0.05) is 18.6 Å². The first-order chi connectivity index (χ1) is 8.58. The summed E-state index contributed by atoms with van der Waals surface area (Å²) >= 11 is 0. The summed E-state index contributed by atoms with van der Waals surface area (Å²) in [5.41, 5.74) is 0.233. The molecule has 0 spiro atoms. The highest BCUT2D eigenvalue weighted by atomic mass is 16.6. The van der Waals surface area contributed by atoms with E-state index in [-0.39, 0.29) is 17.2 Å². The van der Waals surface area contributed by atoms with E-state index >= 15 is 0 Å². The first kappa shape index (κ1) is 13.6. The van der Waals surface area contributed by atoms with Gasteiger partial charge in [0.1, 0.15) is 6.07 Å². The molecule has 0 radical (unpaired) electrons. The lowest BCUT2D eigenvalue weighted by Crippen LogP contribution is -2.12. The maximum Gasteiger partial charge on any atom is 0.270 e. The molecule has 6 heteroatoms. The number of carbonyl (C=O) groups excluding carboxylic acids is 1. The average Bonchev–Trinajstić information content (AvgIpc) is 2.36. The third-order valence-electron chi connectivity index (χ3n) is 2.37. The number of hydrogen-bond donors (Lipinski definition) is 1. The first-order valence-electron chi connectivity index (χ1n) is 5.57. The molecule has 1 N–H and O–H groups in total. The van der Waals surface area contributed by atoms with Gasteiger partial charge in [-0.25, -0.2) is 0 Å². The molecule has 1 rings (SSSR count). The second-order valence-electron chi connectivity index (χ2n) is 3.75. The van der Waals surface area contributed by atoms with Crippen molar-refractivity contribution in [2.75, 3.05) is 5.32 Å². The molecule has 0 saturated carbocycles. The molecule has 94 valence electrons. The van der Waals surface area contributed by atoms with Crippen LogP contribution in [0.1, 0.15) is 31.7 Å². The van der Waals surface area contributed by atoms with Crippen LogP contribution in [0.15, 0.2) is 18.2 Å². The number of benzene rings is 1. The van der Waals surface area contributed by atoms with E-state index in [1.54, 1.807) is 0 Å². The number of hydrogen-bond acceptors (Lipinski definition) is 4. The van der Waals surface area contributed by atoms with E-state index < -0.39 is 4.92 Å². The molecule has 0 saturated heterocycles. The van der Waals surface area contributed by atoms with Gasteiger partial charge in [0.15, 0.2) is 0 Å². The normalized spacial score (nSPS) is 9.56. The maximum atomic E-state index is 11.5. The van der Waals surface area contributed by atoms with Gasteiger partial charge in [-0.1, -0.05) is 13.3 Å². The summed E-state index contributed by atoms with van der Waals surface area (Å²) in [5.74, 6) is -0.192. The Bertz CT molecular complexity index is 506. The summed E-state index contributed by atoms with van der Waals surface area (Å²) in [7, 11) is 0. The molecule has 0 heterocycles. The fourth-order valence-electron chi connectivity index (χ4n) is 1.40. The van der Waals surface area contributed by atoms with Crippen LogP contribution >= 0.6 is 0 Å². The third kappa shape index (κ3) is 3.56. The molecular weight excluding hydrogens is 234 g/mol. The molecule has 0 aliphatic rings. The van der Waals surface area contributed by atoms with E-state index in [1.807, 2.05) is 13.0 Å². The first-order valence-corrected chi connectivity index (χ1v) is 5.57. The van der Waals surface area contributed by atoms with Crippen molar-refractivity contribution in [2.45, 2.75) is 26.2 Å². The smallest absolute Gasteiger partial charge is 0.270 e. The Morgan fingerprint density at radius 2 is 2.28 bits per heavy atom. The number of rotatable bonds is 5. The van der Waals surface area contributed by atoms with Crippen molar-refractivity contribution in [2.24, 2.45) is 0 Å². The van der Waals surface area contributed by atoms with Gasteiger partial charge in [-0.2, -0.15) is 5.26 Å². The molecular formula is C12H13N3O3. The zero-order valence-corrected chi connectivity index (χ0v) is 9.97. The lowest BCUT2D eigenvalue weighted by atomic mass is 10.1. The van der Waals surface area contributed by atoms with Crippen LogP contribution in [0.5, 0.6) is 0 Å². The van der Waals surface area contributed by atoms with Crippen molar-refractivity contribution >= 4 is 17.3 Å². The molecule has 0 unspecified atom stereocenters. The Labute approximate surface area is 104 Å². The topological polar surface area (TPSA) is 96.0 Å². The Balaban J connectivity index is 2.87.